The number of nitrogens with one attached hydrogen (secondary N) is 2. The molecule has 0 unspecified atom stereocenters. The number of carbonyl (C=O) groups is 1. The van der Waals surface area contributed by atoms with Crippen LogP contribution in [0.5, 0.6) is 0 Å². The number of carboxylic acid groups (broad SMARTS) is 1. The van der Waals surface area contributed by atoms with E-state index in [0.29, 0.717) is 0 Å². The molecule has 0 aliphatic heterocycles. The first kappa shape index (κ1) is 15.3. The van der Waals surface area contributed by atoms with Gasteiger partial charge in [0.1, 0.15) is 0 Å². The highest BCUT2D eigenvalue weighted by Crippen LogP contribution is 2.06. The van der Waals surface area contributed by atoms with Crippen LogP contribution in [-0.2, 0) is 10.0 Å². The van der Waals surface area contributed by atoms with E-state index in [1.165, 1.54) is 12.3 Å². The number of aromatic nitrogens is 2. The largest absolute Gasteiger partial charge is 0.477 e. The Morgan fingerprint density at radius 1 is 1.47 bits per heavy atom. The molecule has 0 aliphatic carbocycles. The third-order valence-corrected chi connectivity index (χ3v) is 2.95. The Labute approximate surface area is 111 Å². The second kappa shape index (κ2) is 5.49. The number of hydrogen-bond acceptors (Lipinski definition) is 6. The van der Waals surface area contributed by atoms with E-state index in [-0.39, 0.29) is 18.2 Å². The highest BCUT2D eigenvalue weighted by molar-refractivity contribution is 7.88. The molecule has 1 aromatic heterocycles. The van der Waals surface area contributed by atoms with Crippen molar-refractivity contribution < 1.29 is 18.3 Å². The van der Waals surface area contributed by atoms with Crippen molar-refractivity contribution in [2.24, 2.45) is 0 Å². The number of nitrogens with zero attached hydrogens (tertiary/aromatic N) is 2. The van der Waals surface area contributed by atoms with Crippen molar-refractivity contribution in [3.05, 3.63) is 18.0 Å². The Kier molecular flexibility index (Phi) is 4.43. The highest BCUT2D eigenvalue weighted by atomic mass is 32.2. The molecule has 9 heteroatoms. The molecule has 1 rings (SSSR count). The number of aromatic carboxylic acids is 1. The van der Waals surface area contributed by atoms with Gasteiger partial charge in [-0.05, 0) is 19.9 Å². The van der Waals surface area contributed by atoms with E-state index >= 15 is 0 Å². The summed E-state index contributed by atoms with van der Waals surface area (Å²) >= 11 is 0. The molecule has 0 radical (unpaired) electrons. The molecule has 3 N–H and O–H groups in total. The third-order valence-electron chi connectivity index (χ3n) is 2.02. The molecule has 19 heavy (non-hydrogen) atoms. The minimum atomic E-state index is -3.33. The SMILES string of the molecule is CC(C)(CNc1nccc(C(=O)O)n1)NS(C)(=O)=O. The summed E-state index contributed by atoms with van der Waals surface area (Å²) in [6.07, 6.45) is 2.38. The number of hydrogen-bond donors (Lipinski definition) is 3. The van der Waals surface area contributed by atoms with E-state index in [2.05, 4.69) is 20.0 Å². The van der Waals surface area contributed by atoms with Gasteiger partial charge in [0, 0.05) is 18.3 Å². The van der Waals surface area contributed by atoms with E-state index in [4.69, 9.17) is 5.11 Å². The Balaban J connectivity index is 2.71. The lowest BCUT2D eigenvalue weighted by Gasteiger charge is -2.25. The first-order valence-corrected chi connectivity index (χ1v) is 7.27. The zero-order chi connectivity index (χ0) is 14.7. The summed E-state index contributed by atoms with van der Waals surface area (Å²) in [5, 5.41) is 11.6. The first-order chi connectivity index (χ1) is 8.59. The molecular formula is C10H16N4O4S. The molecule has 1 heterocycles. The van der Waals surface area contributed by atoms with Gasteiger partial charge in [-0.2, -0.15) is 0 Å². The molecule has 0 saturated carbocycles. The van der Waals surface area contributed by atoms with Crippen LogP contribution >= 0.6 is 0 Å². The van der Waals surface area contributed by atoms with Crippen molar-refractivity contribution in [3.63, 3.8) is 0 Å². The molecule has 0 spiro atoms. The normalized spacial score (nSPS) is 12.2. The van der Waals surface area contributed by atoms with Crippen LogP contribution in [0.3, 0.4) is 0 Å². The summed E-state index contributed by atoms with van der Waals surface area (Å²) in [5.41, 5.74) is -0.887. The van der Waals surface area contributed by atoms with Crippen molar-refractivity contribution in [2.45, 2.75) is 19.4 Å². The molecule has 0 amide bonds. The average Bonchev–Trinajstić information content (AvgIpc) is 2.24. The summed E-state index contributed by atoms with van der Waals surface area (Å²) in [6, 6.07) is 1.27. The van der Waals surface area contributed by atoms with Gasteiger partial charge < -0.3 is 10.4 Å². The monoisotopic (exact) mass is 288 g/mol. The van der Waals surface area contributed by atoms with Crippen molar-refractivity contribution >= 4 is 21.9 Å². The van der Waals surface area contributed by atoms with Crippen LogP contribution in [0, 0.1) is 0 Å². The van der Waals surface area contributed by atoms with Gasteiger partial charge in [0.2, 0.25) is 16.0 Å². The highest BCUT2D eigenvalue weighted by Gasteiger charge is 2.22. The van der Waals surface area contributed by atoms with Crippen LogP contribution in [-0.4, -0.2) is 47.8 Å². The summed E-state index contributed by atoms with van der Waals surface area (Å²) in [6.45, 7) is 3.58. The molecule has 0 saturated heterocycles. The molecule has 106 valence electrons. The van der Waals surface area contributed by atoms with Gasteiger partial charge in [-0.1, -0.05) is 0 Å². The minimum Gasteiger partial charge on any atom is -0.477 e. The van der Waals surface area contributed by atoms with Gasteiger partial charge in [0.15, 0.2) is 5.69 Å². The van der Waals surface area contributed by atoms with E-state index in [9.17, 15) is 13.2 Å². The average molecular weight is 288 g/mol. The lowest BCUT2D eigenvalue weighted by atomic mass is 10.1. The van der Waals surface area contributed by atoms with Gasteiger partial charge in [-0.15, -0.1) is 0 Å². The summed E-state index contributed by atoms with van der Waals surface area (Å²) in [4.78, 5) is 18.4. The Morgan fingerprint density at radius 2 is 2.11 bits per heavy atom. The third kappa shape index (κ3) is 5.62. The fourth-order valence-corrected chi connectivity index (χ4v) is 2.48. The predicted molar refractivity (Wildman–Crippen MR) is 69.5 cm³/mol. The van der Waals surface area contributed by atoms with Crippen LogP contribution in [0.4, 0.5) is 5.95 Å². The number of sulfonamides is 1. The van der Waals surface area contributed by atoms with Gasteiger partial charge >= 0.3 is 5.97 Å². The second-order valence-electron chi connectivity index (χ2n) is 4.68. The Bertz CT molecular complexity index is 571. The summed E-state index contributed by atoms with van der Waals surface area (Å²) in [5.74, 6) is -1.03. The molecule has 1 aromatic rings. The van der Waals surface area contributed by atoms with E-state index in [0.717, 1.165) is 6.26 Å². The quantitative estimate of drug-likeness (QED) is 0.669. The second-order valence-corrected chi connectivity index (χ2v) is 6.43. The van der Waals surface area contributed by atoms with Gasteiger partial charge in [-0.3, -0.25) is 0 Å². The van der Waals surface area contributed by atoms with Gasteiger partial charge in [0.25, 0.3) is 0 Å². The maximum atomic E-state index is 11.2. The molecule has 0 atom stereocenters. The van der Waals surface area contributed by atoms with Crippen molar-refractivity contribution in [1.29, 1.82) is 0 Å². The first-order valence-electron chi connectivity index (χ1n) is 5.38. The zero-order valence-electron chi connectivity index (χ0n) is 10.8. The maximum absolute atomic E-state index is 11.2. The predicted octanol–water partition coefficient (Wildman–Crippen LogP) is -0.0855. The van der Waals surface area contributed by atoms with Gasteiger partial charge in [0.05, 0.1) is 6.26 Å². The van der Waals surface area contributed by atoms with Crippen molar-refractivity contribution in [3.8, 4) is 0 Å². The van der Waals surface area contributed by atoms with Crippen LogP contribution in [0.25, 0.3) is 0 Å². The van der Waals surface area contributed by atoms with Crippen LogP contribution < -0.4 is 10.0 Å². The Hall–Kier alpha value is -1.74. The molecular weight excluding hydrogens is 272 g/mol. The van der Waals surface area contributed by atoms with Crippen molar-refractivity contribution in [1.82, 2.24) is 14.7 Å². The zero-order valence-corrected chi connectivity index (χ0v) is 11.7. The van der Waals surface area contributed by atoms with E-state index in [1.807, 2.05) is 0 Å². The van der Waals surface area contributed by atoms with Crippen LogP contribution in [0.15, 0.2) is 12.3 Å². The number of carboxylic acids is 1. The summed E-state index contributed by atoms with van der Waals surface area (Å²) in [7, 11) is -3.33. The minimum absolute atomic E-state index is 0.128. The van der Waals surface area contributed by atoms with Crippen LogP contribution in [0.1, 0.15) is 24.3 Å². The molecule has 8 nitrogen and oxygen atoms in total. The van der Waals surface area contributed by atoms with Crippen molar-refractivity contribution in [2.75, 3.05) is 18.1 Å². The molecule has 0 aromatic carbocycles. The maximum Gasteiger partial charge on any atom is 0.354 e. The molecule has 0 aliphatic rings. The van der Waals surface area contributed by atoms with Crippen LogP contribution in [0.2, 0.25) is 0 Å². The lowest BCUT2D eigenvalue weighted by Crippen LogP contribution is -2.48. The molecule has 0 bridgehead atoms. The standard InChI is InChI=1S/C10H16N4O4S/c1-10(2,14-19(3,17)18)6-12-9-11-5-4-7(13-9)8(15)16/h4-5,14H,6H2,1-3H3,(H,15,16)(H,11,12,13). The fourth-order valence-electron chi connectivity index (χ4n) is 1.40. The Morgan fingerprint density at radius 3 is 2.63 bits per heavy atom. The fraction of sp³-hybridized carbons (Fsp3) is 0.500. The lowest BCUT2D eigenvalue weighted by molar-refractivity contribution is 0.0690. The smallest absolute Gasteiger partial charge is 0.354 e. The molecule has 0 fully saturated rings. The van der Waals surface area contributed by atoms with Gasteiger partial charge in [-0.25, -0.2) is 27.9 Å². The number of rotatable bonds is 6. The summed E-state index contributed by atoms with van der Waals surface area (Å²) < 4.78 is 24.7. The number of anilines is 1. The van der Waals surface area contributed by atoms with E-state index < -0.39 is 21.5 Å². The topological polar surface area (TPSA) is 121 Å². The van der Waals surface area contributed by atoms with E-state index in [1.54, 1.807) is 13.8 Å².